The second kappa shape index (κ2) is 10.1. The zero-order valence-electron chi connectivity index (χ0n) is 20.1. The Balaban J connectivity index is 1.48. The lowest BCUT2D eigenvalue weighted by atomic mass is 10.2. The number of para-hydroxylation sites is 1. The number of aromatic nitrogens is 1. The first-order chi connectivity index (χ1) is 18.2. The molecule has 0 unspecified atom stereocenters. The Hall–Kier alpha value is -3.90. The van der Waals surface area contributed by atoms with E-state index in [0.717, 1.165) is 27.5 Å². The summed E-state index contributed by atoms with van der Waals surface area (Å²) in [6, 6.07) is 14.4. The van der Waals surface area contributed by atoms with Crippen LogP contribution in [0.2, 0.25) is 0 Å². The molecule has 1 amide bonds. The molecule has 5 rings (SSSR count). The maximum atomic E-state index is 14.6. The van der Waals surface area contributed by atoms with Crippen LogP contribution in [-0.2, 0) is 32.5 Å². The molecule has 0 saturated heterocycles. The zero-order chi connectivity index (χ0) is 27.0. The maximum Gasteiger partial charge on any atom is 0.326 e. The van der Waals surface area contributed by atoms with Crippen LogP contribution in [0.3, 0.4) is 0 Å². The number of carbonyl (C=O) groups is 2. The van der Waals surface area contributed by atoms with Gasteiger partial charge in [0, 0.05) is 18.2 Å². The standard InChI is InChI=1S/C26H21F2N3O5S2/c1-2-36-23(32)15-30-24-20(28)13-18(27)14-22(24)37-26(30)29-25(33)17-7-9-19(10-8-17)38(34,35)31-12-11-16-5-3-4-6-21(16)31/h3-10,13-14H,2,11-12,15H2,1H3. The number of anilines is 1. The van der Waals surface area contributed by atoms with Crippen molar-refractivity contribution in [1.82, 2.24) is 4.57 Å². The van der Waals surface area contributed by atoms with E-state index in [9.17, 15) is 26.8 Å². The molecule has 0 radical (unpaired) electrons. The smallest absolute Gasteiger partial charge is 0.326 e. The van der Waals surface area contributed by atoms with Gasteiger partial charge in [0.25, 0.3) is 15.9 Å². The van der Waals surface area contributed by atoms with Crippen LogP contribution in [0.5, 0.6) is 0 Å². The van der Waals surface area contributed by atoms with Crippen molar-refractivity contribution in [3.63, 3.8) is 0 Å². The normalized spacial score (nSPS) is 13.7. The van der Waals surface area contributed by atoms with Gasteiger partial charge >= 0.3 is 5.97 Å². The number of benzene rings is 3. The first kappa shape index (κ1) is 25.7. The summed E-state index contributed by atoms with van der Waals surface area (Å²) in [5.41, 5.74) is 1.57. The van der Waals surface area contributed by atoms with Gasteiger partial charge in [-0.2, -0.15) is 4.99 Å². The molecule has 8 nitrogen and oxygen atoms in total. The van der Waals surface area contributed by atoms with E-state index in [2.05, 4.69) is 4.99 Å². The highest BCUT2D eigenvalue weighted by molar-refractivity contribution is 7.92. The van der Waals surface area contributed by atoms with E-state index in [4.69, 9.17) is 4.74 Å². The van der Waals surface area contributed by atoms with Crippen LogP contribution in [0.4, 0.5) is 14.5 Å². The number of carbonyl (C=O) groups excluding carboxylic acids is 2. The number of hydrogen-bond donors (Lipinski definition) is 0. The Morgan fingerprint density at radius 2 is 1.82 bits per heavy atom. The van der Waals surface area contributed by atoms with Crippen molar-refractivity contribution in [2.45, 2.75) is 24.8 Å². The third-order valence-electron chi connectivity index (χ3n) is 6.02. The topological polar surface area (TPSA) is 98.0 Å². The summed E-state index contributed by atoms with van der Waals surface area (Å²) in [6.07, 6.45) is 0.607. The fraction of sp³-hybridized carbons (Fsp3) is 0.192. The van der Waals surface area contributed by atoms with Crippen LogP contribution in [0.1, 0.15) is 22.8 Å². The minimum absolute atomic E-state index is 0.0162. The molecule has 196 valence electrons. The van der Waals surface area contributed by atoms with Crippen molar-refractivity contribution in [1.29, 1.82) is 0 Å². The monoisotopic (exact) mass is 557 g/mol. The van der Waals surface area contributed by atoms with E-state index >= 15 is 0 Å². The highest BCUT2D eigenvalue weighted by atomic mass is 32.2. The lowest BCUT2D eigenvalue weighted by Crippen LogP contribution is -2.29. The van der Waals surface area contributed by atoms with E-state index < -0.39 is 40.1 Å². The molecule has 12 heteroatoms. The predicted octanol–water partition coefficient (Wildman–Crippen LogP) is 4.04. The fourth-order valence-electron chi connectivity index (χ4n) is 4.30. The van der Waals surface area contributed by atoms with Gasteiger partial charge in [-0.3, -0.25) is 13.9 Å². The fourth-order valence-corrected chi connectivity index (χ4v) is 6.87. The van der Waals surface area contributed by atoms with Crippen LogP contribution < -0.4 is 9.11 Å². The van der Waals surface area contributed by atoms with E-state index in [-0.39, 0.29) is 32.1 Å². The van der Waals surface area contributed by atoms with E-state index in [1.807, 2.05) is 12.1 Å². The van der Waals surface area contributed by atoms with E-state index in [0.29, 0.717) is 24.7 Å². The molecule has 0 fully saturated rings. The van der Waals surface area contributed by atoms with Crippen molar-refractivity contribution in [2.75, 3.05) is 17.5 Å². The molecule has 1 aliphatic rings. The predicted molar refractivity (Wildman–Crippen MR) is 137 cm³/mol. The van der Waals surface area contributed by atoms with Gasteiger partial charge in [0.1, 0.15) is 12.4 Å². The lowest BCUT2D eigenvalue weighted by molar-refractivity contribution is -0.143. The summed E-state index contributed by atoms with van der Waals surface area (Å²) in [5.74, 6) is -3.14. The number of rotatable bonds is 6. The zero-order valence-corrected chi connectivity index (χ0v) is 21.7. The molecular weight excluding hydrogens is 536 g/mol. The van der Waals surface area contributed by atoms with Crippen molar-refractivity contribution < 1.29 is 31.5 Å². The molecular formula is C26H21F2N3O5S2. The molecule has 1 aromatic heterocycles. The van der Waals surface area contributed by atoms with Crippen molar-refractivity contribution in [3.8, 4) is 0 Å². The molecule has 0 saturated carbocycles. The average Bonchev–Trinajstić information content (AvgIpc) is 3.46. The first-order valence-corrected chi connectivity index (χ1v) is 13.9. The Labute approximate surface area is 220 Å². The van der Waals surface area contributed by atoms with Gasteiger partial charge in [0.15, 0.2) is 10.6 Å². The Bertz CT molecular complexity index is 1750. The summed E-state index contributed by atoms with van der Waals surface area (Å²) in [6.45, 7) is 1.60. The lowest BCUT2D eigenvalue weighted by Gasteiger charge is -2.19. The Morgan fingerprint density at radius 1 is 1.08 bits per heavy atom. The molecule has 4 aromatic rings. The molecule has 1 aliphatic heterocycles. The number of ether oxygens (including phenoxy) is 1. The number of hydrogen-bond acceptors (Lipinski definition) is 6. The highest BCUT2D eigenvalue weighted by Gasteiger charge is 2.30. The van der Waals surface area contributed by atoms with Crippen LogP contribution in [0.15, 0.2) is 70.6 Å². The number of halogens is 2. The minimum Gasteiger partial charge on any atom is -0.465 e. The van der Waals surface area contributed by atoms with Gasteiger partial charge in [0.05, 0.1) is 27.4 Å². The molecule has 0 atom stereocenters. The van der Waals surface area contributed by atoms with Crippen LogP contribution in [0.25, 0.3) is 10.2 Å². The van der Waals surface area contributed by atoms with Crippen molar-refractivity contribution in [3.05, 3.63) is 88.2 Å². The van der Waals surface area contributed by atoms with Gasteiger partial charge < -0.3 is 9.30 Å². The first-order valence-electron chi connectivity index (χ1n) is 11.6. The van der Waals surface area contributed by atoms with Gasteiger partial charge in [-0.05, 0) is 55.3 Å². The number of fused-ring (bicyclic) bond motifs is 2. The van der Waals surface area contributed by atoms with E-state index in [1.54, 1.807) is 19.1 Å². The molecule has 0 bridgehead atoms. The van der Waals surface area contributed by atoms with Crippen LogP contribution in [-0.4, -0.2) is 38.0 Å². The summed E-state index contributed by atoms with van der Waals surface area (Å²) in [5, 5.41) is 0. The van der Waals surface area contributed by atoms with Crippen molar-refractivity contribution in [2.24, 2.45) is 4.99 Å². The van der Waals surface area contributed by atoms with Gasteiger partial charge in [0.2, 0.25) is 0 Å². The third kappa shape index (κ3) is 4.72. The SMILES string of the molecule is CCOC(=O)Cn1c(=NC(=O)c2ccc(S(=O)(=O)N3CCc4ccccc43)cc2)sc2cc(F)cc(F)c21. The Morgan fingerprint density at radius 3 is 2.55 bits per heavy atom. The third-order valence-corrected chi connectivity index (χ3v) is 8.87. The van der Waals surface area contributed by atoms with Crippen LogP contribution in [0, 0.1) is 11.6 Å². The summed E-state index contributed by atoms with van der Waals surface area (Å²) in [7, 11) is -3.84. The van der Waals surface area contributed by atoms with Gasteiger partial charge in [-0.15, -0.1) is 0 Å². The number of amides is 1. The maximum absolute atomic E-state index is 14.6. The summed E-state index contributed by atoms with van der Waals surface area (Å²) < 4.78 is 62.5. The molecule has 2 heterocycles. The second-order valence-electron chi connectivity index (χ2n) is 8.41. The summed E-state index contributed by atoms with van der Waals surface area (Å²) >= 11 is 0.838. The van der Waals surface area contributed by atoms with E-state index in [1.165, 1.54) is 28.6 Å². The van der Waals surface area contributed by atoms with Gasteiger partial charge in [-0.1, -0.05) is 29.5 Å². The second-order valence-corrected chi connectivity index (χ2v) is 11.3. The molecule has 0 N–H and O–H groups in total. The molecule has 0 spiro atoms. The highest BCUT2D eigenvalue weighted by Crippen LogP contribution is 2.32. The largest absolute Gasteiger partial charge is 0.465 e. The number of thiazole rings is 1. The average molecular weight is 558 g/mol. The van der Waals surface area contributed by atoms with Crippen LogP contribution >= 0.6 is 11.3 Å². The summed E-state index contributed by atoms with van der Waals surface area (Å²) in [4.78, 5) is 29.1. The Kier molecular flexibility index (Phi) is 6.84. The minimum atomic E-state index is -3.84. The number of sulfonamides is 1. The molecule has 38 heavy (non-hydrogen) atoms. The molecule has 0 aliphatic carbocycles. The number of nitrogens with zero attached hydrogens (tertiary/aromatic N) is 3. The van der Waals surface area contributed by atoms with Crippen molar-refractivity contribution >= 4 is 49.1 Å². The number of esters is 1. The quantitative estimate of drug-likeness (QED) is 0.334. The van der Waals surface area contributed by atoms with Gasteiger partial charge in [-0.25, -0.2) is 17.2 Å². The molecule has 3 aromatic carbocycles.